The zero-order valence-corrected chi connectivity index (χ0v) is 15.4. The van der Waals surface area contributed by atoms with Crippen LogP contribution in [0.3, 0.4) is 0 Å². The molecule has 0 saturated heterocycles. The second-order valence-corrected chi connectivity index (χ2v) is 6.61. The largest absolute Gasteiger partial charge is 0.490 e. The van der Waals surface area contributed by atoms with E-state index < -0.39 is 0 Å². The van der Waals surface area contributed by atoms with Crippen molar-refractivity contribution in [3.05, 3.63) is 89.9 Å². The van der Waals surface area contributed by atoms with E-state index in [1.807, 2.05) is 49.4 Å². The quantitative estimate of drug-likeness (QED) is 0.710. The SMILES string of the molecule is C=C1CC[C@@H](Oc2ccc(C)cc2)C/C=C\C=C/1Oc1cccc(C)n1. The zero-order chi connectivity index (χ0) is 18.4. The lowest BCUT2D eigenvalue weighted by atomic mass is 10.1. The molecule has 1 aliphatic rings. The third kappa shape index (κ3) is 5.09. The maximum absolute atomic E-state index is 6.15. The highest BCUT2D eigenvalue weighted by Gasteiger charge is 2.14. The third-order valence-corrected chi connectivity index (χ3v) is 4.30. The molecule has 1 atom stereocenters. The van der Waals surface area contributed by atoms with E-state index in [1.54, 1.807) is 0 Å². The van der Waals surface area contributed by atoms with Crippen LogP contribution in [-0.2, 0) is 0 Å². The number of aryl methyl sites for hydroxylation is 2. The number of nitrogens with zero attached hydrogens (tertiary/aromatic N) is 1. The first-order valence-corrected chi connectivity index (χ1v) is 9.00. The number of allylic oxidation sites excluding steroid dienone is 3. The molecule has 1 aromatic carbocycles. The van der Waals surface area contributed by atoms with E-state index in [2.05, 4.69) is 36.7 Å². The van der Waals surface area contributed by atoms with Gasteiger partial charge in [-0.25, -0.2) is 4.98 Å². The highest BCUT2D eigenvalue weighted by atomic mass is 16.5. The van der Waals surface area contributed by atoms with Gasteiger partial charge in [0.15, 0.2) is 0 Å². The van der Waals surface area contributed by atoms with Gasteiger partial charge in [0.05, 0.1) is 0 Å². The van der Waals surface area contributed by atoms with E-state index in [4.69, 9.17) is 9.47 Å². The molecule has 26 heavy (non-hydrogen) atoms. The summed E-state index contributed by atoms with van der Waals surface area (Å²) in [6.07, 6.45) is 8.76. The molecule has 0 saturated carbocycles. The minimum atomic E-state index is 0.121. The molecule has 0 amide bonds. The first kappa shape index (κ1) is 18.0. The van der Waals surface area contributed by atoms with E-state index in [1.165, 1.54) is 5.56 Å². The zero-order valence-electron chi connectivity index (χ0n) is 15.4. The molecule has 1 aliphatic carbocycles. The number of rotatable bonds is 4. The van der Waals surface area contributed by atoms with Crippen molar-refractivity contribution < 1.29 is 9.47 Å². The average Bonchev–Trinajstić information content (AvgIpc) is 2.70. The Morgan fingerprint density at radius 2 is 1.88 bits per heavy atom. The first-order chi connectivity index (χ1) is 12.6. The van der Waals surface area contributed by atoms with Gasteiger partial charge in [0, 0.05) is 18.2 Å². The molecule has 0 aliphatic heterocycles. The molecule has 3 rings (SSSR count). The Morgan fingerprint density at radius 3 is 2.65 bits per heavy atom. The highest BCUT2D eigenvalue weighted by molar-refractivity contribution is 5.32. The lowest BCUT2D eigenvalue weighted by Gasteiger charge is -2.18. The van der Waals surface area contributed by atoms with Crippen LogP contribution in [0.5, 0.6) is 11.6 Å². The van der Waals surface area contributed by atoms with Gasteiger partial charge in [0.1, 0.15) is 17.6 Å². The predicted molar refractivity (Wildman–Crippen MR) is 105 cm³/mol. The Bertz CT molecular complexity index is 818. The molecule has 3 heteroatoms. The van der Waals surface area contributed by atoms with Gasteiger partial charge in [0.2, 0.25) is 5.88 Å². The maximum atomic E-state index is 6.15. The molecular formula is C23H25NO2. The van der Waals surface area contributed by atoms with Crippen LogP contribution in [0.1, 0.15) is 30.5 Å². The highest BCUT2D eigenvalue weighted by Crippen LogP contribution is 2.24. The van der Waals surface area contributed by atoms with Crippen LogP contribution >= 0.6 is 0 Å². The minimum Gasteiger partial charge on any atom is -0.490 e. The molecule has 0 radical (unpaired) electrons. The van der Waals surface area contributed by atoms with Crippen LogP contribution in [0, 0.1) is 13.8 Å². The van der Waals surface area contributed by atoms with Crippen molar-refractivity contribution in [1.29, 1.82) is 0 Å². The van der Waals surface area contributed by atoms with Crippen LogP contribution in [0.25, 0.3) is 0 Å². The average molecular weight is 347 g/mol. The topological polar surface area (TPSA) is 31.4 Å². The lowest BCUT2D eigenvalue weighted by Crippen LogP contribution is -2.16. The van der Waals surface area contributed by atoms with Gasteiger partial charge in [-0.2, -0.15) is 0 Å². The molecule has 1 aromatic heterocycles. The van der Waals surface area contributed by atoms with Gasteiger partial charge in [-0.15, -0.1) is 0 Å². The van der Waals surface area contributed by atoms with Crippen LogP contribution in [-0.4, -0.2) is 11.1 Å². The number of hydrogen-bond acceptors (Lipinski definition) is 3. The summed E-state index contributed by atoms with van der Waals surface area (Å²) in [5, 5.41) is 0. The maximum Gasteiger partial charge on any atom is 0.219 e. The van der Waals surface area contributed by atoms with Gasteiger partial charge >= 0.3 is 0 Å². The fraction of sp³-hybridized carbons (Fsp3) is 0.261. The number of aromatic nitrogens is 1. The van der Waals surface area contributed by atoms with Crippen molar-refractivity contribution in [3.63, 3.8) is 0 Å². The number of pyridine rings is 1. The summed E-state index contributed by atoms with van der Waals surface area (Å²) >= 11 is 0. The summed E-state index contributed by atoms with van der Waals surface area (Å²) in [6, 6.07) is 13.9. The van der Waals surface area contributed by atoms with Crippen molar-refractivity contribution in [1.82, 2.24) is 4.98 Å². The number of hydrogen-bond donors (Lipinski definition) is 0. The van der Waals surface area contributed by atoms with Crippen molar-refractivity contribution in [2.24, 2.45) is 0 Å². The van der Waals surface area contributed by atoms with Crippen molar-refractivity contribution >= 4 is 0 Å². The van der Waals surface area contributed by atoms with Crippen LogP contribution in [0.2, 0.25) is 0 Å². The van der Waals surface area contributed by atoms with E-state index in [-0.39, 0.29) is 6.10 Å². The molecule has 0 unspecified atom stereocenters. The third-order valence-electron chi connectivity index (χ3n) is 4.30. The van der Waals surface area contributed by atoms with Gasteiger partial charge in [-0.3, -0.25) is 0 Å². The molecule has 3 nitrogen and oxygen atoms in total. The smallest absolute Gasteiger partial charge is 0.219 e. The fourth-order valence-corrected chi connectivity index (χ4v) is 2.79. The Hall–Kier alpha value is -2.81. The molecule has 2 aromatic rings. The summed E-state index contributed by atoms with van der Waals surface area (Å²) in [7, 11) is 0. The van der Waals surface area contributed by atoms with Crippen molar-refractivity contribution in [2.45, 2.75) is 39.2 Å². The second kappa shape index (κ2) is 8.52. The molecule has 0 bridgehead atoms. The Balaban J connectivity index is 1.64. The summed E-state index contributed by atoms with van der Waals surface area (Å²) in [5.41, 5.74) is 3.12. The summed E-state index contributed by atoms with van der Waals surface area (Å²) < 4.78 is 12.1. The number of benzene rings is 1. The van der Waals surface area contributed by atoms with Gasteiger partial charge in [0.25, 0.3) is 0 Å². The van der Waals surface area contributed by atoms with Gasteiger partial charge in [-0.05, 0) is 56.5 Å². The minimum absolute atomic E-state index is 0.121. The van der Waals surface area contributed by atoms with Crippen LogP contribution in [0.4, 0.5) is 0 Å². The molecule has 0 N–H and O–H groups in total. The normalized spacial score (nSPS) is 20.9. The molecule has 0 spiro atoms. The predicted octanol–water partition coefficient (Wildman–Crippen LogP) is 5.71. The fourth-order valence-electron chi connectivity index (χ4n) is 2.79. The van der Waals surface area contributed by atoms with Crippen LogP contribution in [0.15, 0.2) is 78.6 Å². The summed E-state index contributed by atoms with van der Waals surface area (Å²) in [6.45, 7) is 8.23. The first-order valence-electron chi connectivity index (χ1n) is 9.00. The lowest BCUT2D eigenvalue weighted by molar-refractivity contribution is 0.194. The second-order valence-electron chi connectivity index (χ2n) is 6.61. The molecule has 134 valence electrons. The summed E-state index contributed by atoms with van der Waals surface area (Å²) in [4.78, 5) is 4.40. The van der Waals surface area contributed by atoms with E-state index >= 15 is 0 Å². The Labute approximate surface area is 155 Å². The monoisotopic (exact) mass is 347 g/mol. The standard InChI is InChI=1S/C23H25NO2/c1-17-11-14-21(15-12-17)25-20-8-4-5-9-22(18(2)13-16-20)26-23-10-6-7-19(3)24-23/h4-7,9-12,14-15,20H,2,8,13,16H2,1,3H3/b5-4-,22-9+/t20-/m0/s1. The van der Waals surface area contributed by atoms with E-state index in [9.17, 15) is 0 Å². The molecule has 1 heterocycles. The van der Waals surface area contributed by atoms with Crippen molar-refractivity contribution in [3.8, 4) is 11.6 Å². The molecular weight excluding hydrogens is 322 g/mol. The van der Waals surface area contributed by atoms with Crippen molar-refractivity contribution in [2.75, 3.05) is 0 Å². The Kier molecular flexibility index (Phi) is 5.90. The van der Waals surface area contributed by atoms with E-state index in [0.29, 0.717) is 5.88 Å². The number of ether oxygens (including phenoxy) is 2. The van der Waals surface area contributed by atoms with Gasteiger partial charge in [-0.1, -0.05) is 42.5 Å². The summed E-state index contributed by atoms with van der Waals surface area (Å²) in [5.74, 6) is 2.26. The van der Waals surface area contributed by atoms with Gasteiger partial charge < -0.3 is 9.47 Å². The van der Waals surface area contributed by atoms with Crippen LogP contribution < -0.4 is 9.47 Å². The Morgan fingerprint density at radius 1 is 1.08 bits per heavy atom. The molecule has 0 fully saturated rings. The van der Waals surface area contributed by atoms with E-state index in [0.717, 1.165) is 42.0 Å².